The molecule has 2 fully saturated rings. The number of carbonyl (C=O) groups excluding carboxylic acids is 2. The van der Waals surface area contributed by atoms with Crippen molar-refractivity contribution in [1.29, 1.82) is 0 Å². The zero-order valence-electron chi connectivity index (χ0n) is 15.2. The van der Waals surface area contributed by atoms with Gasteiger partial charge in [-0.1, -0.05) is 13.8 Å². The van der Waals surface area contributed by atoms with Gasteiger partial charge in [0.05, 0.1) is 0 Å². The predicted molar refractivity (Wildman–Crippen MR) is 88.0 cm³/mol. The van der Waals surface area contributed by atoms with Gasteiger partial charge in [-0.2, -0.15) is 0 Å². The van der Waals surface area contributed by atoms with Gasteiger partial charge in [0.1, 0.15) is 11.2 Å². The van der Waals surface area contributed by atoms with Crippen molar-refractivity contribution in [3.8, 4) is 0 Å². The van der Waals surface area contributed by atoms with E-state index in [0.717, 1.165) is 25.7 Å². The molecule has 2 rings (SSSR count). The van der Waals surface area contributed by atoms with E-state index >= 15 is 0 Å². The van der Waals surface area contributed by atoms with Gasteiger partial charge in [0, 0.05) is 25.4 Å². The van der Waals surface area contributed by atoms with Crippen LogP contribution in [0.3, 0.4) is 0 Å². The van der Waals surface area contributed by atoms with Crippen LogP contribution in [-0.2, 0) is 14.3 Å². The van der Waals surface area contributed by atoms with Gasteiger partial charge in [-0.05, 0) is 52.4 Å². The van der Waals surface area contributed by atoms with Crippen molar-refractivity contribution >= 4 is 12.1 Å². The van der Waals surface area contributed by atoms with E-state index in [9.17, 15) is 9.59 Å². The molecule has 23 heavy (non-hydrogen) atoms. The van der Waals surface area contributed by atoms with Crippen LogP contribution in [0, 0.1) is 11.8 Å². The maximum Gasteiger partial charge on any atom is 0.410 e. The predicted octanol–water partition coefficient (Wildman–Crippen LogP) is 3.76. The topological polar surface area (TPSA) is 55.8 Å². The molecule has 0 aromatic carbocycles. The second kappa shape index (κ2) is 6.70. The zero-order chi connectivity index (χ0) is 17.3. The number of amides is 1. The maximum absolute atomic E-state index is 12.2. The molecule has 1 saturated carbocycles. The van der Waals surface area contributed by atoms with Gasteiger partial charge < -0.3 is 14.4 Å². The molecule has 0 aromatic heterocycles. The first-order chi connectivity index (χ1) is 10.7. The first-order valence-corrected chi connectivity index (χ1v) is 8.87. The summed E-state index contributed by atoms with van der Waals surface area (Å²) in [6, 6.07) is 0. The molecule has 1 heterocycles. The summed E-state index contributed by atoms with van der Waals surface area (Å²) in [6.07, 6.45) is 3.89. The van der Waals surface area contributed by atoms with Crippen molar-refractivity contribution in [3.05, 3.63) is 0 Å². The Kier molecular flexibility index (Phi) is 5.27. The number of rotatable bonds is 4. The van der Waals surface area contributed by atoms with E-state index < -0.39 is 5.60 Å². The maximum atomic E-state index is 12.2. The Morgan fingerprint density at radius 1 is 1.26 bits per heavy atom. The van der Waals surface area contributed by atoms with Crippen LogP contribution in [0.4, 0.5) is 4.79 Å². The fourth-order valence-electron chi connectivity index (χ4n) is 3.68. The van der Waals surface area contributed by atoms with E-state index in [2.05, 4.69) is 6.92 Å². The minimum Gasteiger partial charge on any atom is -0.458 e. The number of carbonyl (C=O) groups is 2. The van der Waals surface area contributed by atoms with Crippen LogP contribution >= 0.6 is 0 Å². The standard InChI is InChI=1S/C18H31NO4/c1-6-7-15(20)22-18(10-8-13(18)2)14-9-11-19(12-14)16(21)23-17(3,4)5/h13-14H,6-12H2,1-5H3. The highest BCUT2D eigenvalue weighted by Gasteiger charge is 2.55. The Hall–Kier alpha value is -1.26. The molecule has 1 aliphatic carbocycles. The van der Waals surface area contributed by atoms with Gasteiger partial charge in [0.2, 0.25) is 0 Å². The molecule has 132 valence electrons. The molecule has 1 saturated heterocycles. The molecule has 5 heteroatoms. The van der Waals surface area contributed by atoms with Crippen LogP contribution in [0.25, 0.3) is 0 Å². The molecule has 1 aliphatic heterocycles. The average molecular weight is 325 g/mol. The molecule has 5 nitrogen and oxygen atoms in total. The fraction of sp³-hybridized carbons (Fsp3) is 0.889. The van der Waals surface area contributed by atoms with Crippen molar-refractivity contribution in [3.63, 3.8) is 0 Å². The van der Waals surface area contributed by atoms with Crippen molar-refractivity contribution in [2.75, 3.05) is 13.1 Å². The Labute approximate surface area is 139 Å². The van der Waals surface area contributed by atoms with Crippen LogP contribution in [0.1, 0.15) is 66.7 Å². The van der Waals surface area contributed by atoms with Crippen LogP contribution in [0.5, 0.6) is 0 Å². The van der Waals surface area contributed by atoms with Crippen LogP contribution in [0.15, 0.2) is 0 Å². The summed E-state index contributed by atoms with van der Waals surface area (Å²) >= 11 is 0. The van der Waals surface area contributed by atoms with Gasteiger partial charge in [0.15, 0.2) is 0 Å². The lowest BCUT2D eigenvalue weighted by Gasteiger charge is -2.50. The molecular formula is C18H31NO4. The highest BCUT2D eigenvalue weighted by molar-refractivity contribution is 5.70. The Morgan fingerprint density at radius 2 is 1.96 bits per heavy atom. The third-order valence-corrected chi connectivity index (χ3v) is 5.09. The summed E-state index contributed by atoms with van der Waals surface area (Å²) in [7, 11) is 0. The molecule has 0 bridgehead atoms. The number of likely N-dealkylation sites (tertiary alicyclic amines) is 1. The van der Waals surface area contributed by atoms with Gasteiger partial charge in [-0.25, -0.2) is 4.79 Å². The van der Waals surface area contributed by atoms with Crippen molar-refractivity contribution < 1.29 is 19.1 Å². The molecular weight excluding hydrogens is 294 g/mol. The highest BCUT2D eigenvalue weighted by Crippen LogP contribution is 2.50. The molecule has 2 aliphatic rings. The molecule has 3 atom stereocenters. The van der Waals surface area contributed by atoms with Crippen molar-refractivity contribution in [2.24, 2.45) is 11.8 Å². The third-order valence-electron chi connectivity index (χ3n) is 5.09. The van der Waals surface area contributed by atoms with E-state index in [1.165, 1.54) is 0 Å². The third kappa shape index (κ3) is 3.99. The smallest absolute Gasteiger partial charge is 0.410 e. The van der Waals surface area contributed by atoms with Gasteiger partial charge in [-0.15, -0.1) is 0 Å². The number of ether oxygens (including phenoxy) is 2. The summed E-state index contributed by atoms with van der Waals surface area (Å²) in [5, 5.41) is 0. The number of hydrogen-bond acceptors (Lipinski definition) is 4. The number of esters is 1. The summed E-state index contributed by atoms with van der Waals surface area (Å²) in [6.45, 7) is 11.1. The summed E-state index contributed by atoms with van der Waals surface area (Å²) in [4.78, 5) is 26.0. The minimum atomic E-state index is -0.482. The van der Waals surface area contributed by atoms with Crippen LogP contribution in [0.2, 0.25) is 0 Å². The molecule has 1 amide bonds. The molecule has 3 unspecified atom stereocenters. The van der Waals surface area contributed by atoms with E-state index in [-0.39, 0.29) is 23.6 Å². The molecule has 0 aromatic rings. The van der Waals surface area contributed by atoms with E-state index in [4.69, 9.17) is 9.47 Å². The summed E-state index contributed by atoms with van der Waals surface area (Å²) in [5.74, 6) is 0.487. The van der Waals surface area contributed by atoms with Crippen molar-refractivity contribution in [2.45, 2.75) is 77.9 Å². The highest BCUT2D eigenvalue weighted by atomic mass is 16.6. The Morgan fingerprint density at radius 3 is 2.43 bits per heavy atom. The molecule has 0 radical (unpaired) electrons. The van der Waals surface area contributed by atoms with Gasteiger partial charge in [-0.3, -0.25) is 4.79 Å². The minimum absolute atomic E-state index is 0.102. The monoisotopic (exact) mass is 325 g/mol. The van der Waals surface area contributed by atoms with E-state index in [1.54, 1.807) is 4.90 Å². The molecule has 0 spiro atoms. The lowest BCUT2D eigenvalue weighted by molar-refractivity contribution is -0.194. The lowest BCUT2D eigenvalue weighted by atomic mass is 9.63. The Balaban J connectivity index is 2.00. The van der Waals surface area contributed by atoms with E-state index in [0.29, 0.717) is 25.4 Å². The fourth-order valence-corrected chi connectivity index (χ4v) is 3.68. The first kappa shape index (κ1) is 18.1. The molecule has 0 N–H and O–H groups in total. The average Bonchev–Trinajstić information content (AvgIpc) is 2.91. The first-order valence-electron chi connectivity index (χ1n) is 8.87. The normalized spacial score (nSPS) is 30.7. The summed E-state index contributed by atoms with van der Waals surface area (Å²) in [5.41, 5.74) is -0.854. The van der Waals surface area contributed by atoms with E-state index in [1.807, 2.05) is 27.7 Å². The summed E-state index contributed by atoms with van der Waals surface area (Å²) < 4.78 is 11.4. The SMILES string of the molecule is CCCC(=O)OC1(C2CCN(C(=O)OC(C)(C)C)C2)CCC1C. The van der Waals surface area contributed by atoms with Crippen molar-refractivity contribution in [1.82, 2.24) is 4.90 Å². The van der Waals surface area contributed by atoms with Gasteiger partial charge >= 0.3 is 12.1 Å². The largest absolute Gasteiger partial charge is 0.458 e. The van der Waals surface area contributed by atoms with Crippen LogP contribution in [-0.4, -0.2) is 41.3 Å². The quantitative estimate of drug-likeness (QED) is 0.739. The van der Waals surface area contributed by atoms with Gasteiger partial charge in [0.25, 0.3) is 0 Å². The second-order valence-corrected chi connectivity index (χ2v) is 8.03. The second-order valence-electron chi connectivity index (χ2n) is 8.03. The van der Waals surface area contributed by atoms with Crippen LogP contribution < -0.4 is 0 Å². The Bertz CT molecular complexity index is 456. The number of hydrogen-bond donors (Lipinski definition) is 0. The zero-order valence-corrected chi connectivity index (χ0v) is 15.2. The number of nitrogens with zero attached hydrogens (tertiary/aromatic N) is 1. The lowest BCUT2D eigenvalue weighted by Crippen LogP contribution is -2.55.